The number of rotatable bonds is 5. The second kappa shape index (κ2) is 6.70. The number of benzene rings is 1. The summed E-state index contributed by atoms with van der Waals surface area (Å²) in [5, 5.41) is 7.02. The third-order valence-electron chi connectivity index (χ3n) is 3.59. The highest BCUT2D eigenvalue weighted by atomic mass is 16.2. The lowest BCUT2D eigenvalue weighted by molar-refractivity contribution is -0.124. The Hall–Kier alpha value is -2.21. The Morgan fingerprint density at radius 3 is 2.59 bits per heavy atom. The van der Waals surface area contributed by atoms with Gasteiger partial charge in [0.15, 0.2) is 0 Å². The van der Waals surface area contributed by atoms with Crippen molar-refractivity contribution >= 4 is 5.91 Å². The molecule has 0 radical (unpaired) electrons. The number of nitrogens with zero attached hydrogens (tertiary/aromatic N) is 3. The van der Waals surface area contributed by atoms with Crippen LogP contribution in [-0.4, -0.2) is 26.7 Å². The molecule has 3 N–H and O–H groups in total. The van der Waals surface area contributed by atoms with E-state index in [0.29, 0.717) is 13.1 Å². The molecule has 2 rings (SSSR count). The summed E-state index contributed by atoms with van der Waals surface area (Å²) in [6.07, 6.45) is 3.18. The highest BCUT2D eigenvalue weighted by Crippen LogP contribution is 2.17. The first kappa shape index (κ1) is 16.2. The molecule has 118 valence electrons. The molecule has 1 aromatic heterocycles. The van der Waals surface area contributed by atoms with Crippen LogP contribution in [0, 0.1) is 5.41 Å². The SMILES string of the molecule is CC(C)(C)[C@H](N)C(=O)NCc1ccccc1Cn1cncn1. The Kier molecular flexibility index (Phi) is 4.92. The molecule has 0 aliphatic heterocycles. The first-order chi connectivity index (χ1) is 10.4. The van der Waals surface area contributed by atoms with Gasteiger partial charge in [0.2, 0.25) is 5.91 Å². The van der Waals surface area contributed by atoms with Gasteiger partial charge in [0, 0.05) is 6.54 Å². The molecule has 0 aliphatic carbocycles. The first-order valence-corrected chi connectivity index (χ1v) is 7.30. The summed E-state index contributed by atoms with van der Waals surface area (Å²) >= 11 is 0. The summed E-state index contributed by atoms with van der Waals surface area (Å²) in [6.45, 7) is 6.94. The molecule has 0 unspecified atom stereocenters. The van der Waals surface area contributed by atoms with Crippen LogP contribution in [-0.2, 0) is 17.9 Å². The Balaban J connectivity index is 2.03. The van der Waals surface area contributed by atoms with E-state index in [2.05, 4.69) is 15.4 Å². The molecule has 0 spiro atoms. The molecule has 1 aromatic carbocycles. The van der Waals surface area contributed by atoms with Gasteiger partial charge >= 0.3 is 0 Å². The van der Waals surface area contributed by atoms with Crippen LogP contribution in [0.25, 0.3) is 0 Å². The Bertz CT molecular complexity index is 616. The molecule has 1 atom stereocenters. The lowest BCUT2D eigenvalue weighted by Gasteiger charge is -2.26. The van der Waals surface area contributed by atoms with Crippen molar-refractivity contribution in [3.05, 3.63) is 48.0 Å². The summed E-state index contributed by atoms with van der Waals surface area (Å²) in [5.41, 5.74) is 7.86. The average Bonchev–Trinajstić information content (AvgIpc) is 2.97. The number of carbonyl (C=O) groups is 1. The predicted molar refractivity (Wildman–Crippen MR) is 84.8 cm³/mol. The fraction of sp³-hybridized carbons (Fsp3) is 0.438. The van der Waals surface area contributed by atoms with Crippen LogP contribution >= 0.6 is 0 Å². The molecule has 1 heterocycles. The van der Waals surface area contributed by atoms with Crippen LogP contribution in [0.5, 0.6) is 0 Å². The van der Waals surface area contributed by atoms with Gasteiger partial charge in [0.05, 0.1) is 12.6 Å². The summed E-state index contributed by atoms with van der Waals surface area (Å²) in [4.78, 5) is 16.1. The van der Waals surface area contributed by atoms with Crippen LogP contribution in [0.1, 0.15) is 31.9 Å². The minimum Gasteiger partial charge on any atom is -0.351 e. The fourth-order valence-corrected chi connectivity index (χ4v) is 2.06. The maximum absolute atomic E-state index is 12.1. The number of nitrogens with two attached hydrogens (primary N) is 1. The predicted octanol–water partition coefficient (Wildman–Crippen LogP) is 1.32. The fourth-order valence-electron chi connectivity index (χ4n) is 2.06. The number of aromatic nitrogens is 3. The van der Waals surface area contributed by atoms with E-state index in [0.717, 1.165) is 11.1 Å². The first-order valence-electron chi connectivity index (χ1n) is 7.30. The van der Waals surface area contributed by atoms with Crippen molar-refractivity contribution in [2.75, 3.05) is 0 Å². The number of hydrogen-bond donors (Lipinski definition) is 2. The molecular weight excluding hydrogens is 278 g/mol. The summed E-state index contributed by atoms with van der Waals surface area (Å²) < 4.78 is 1.75. The minimum atomic E-state index is -0.532. The van der Waals surface area contributed by atoms with Crippen LogP contribution in [0.3, 0.4) is 0 Å². The van der Waals surface area contributed by atoms with Gasteiger partial charge in [0.1, 0.15) is 12.7 Å². The second-order valence-corrected chi connectivity index (χ2v) is 6.42. The molecule has 0 bridgehead atoms. The van der Waals surface area contributed by atoms with Gasteiger partial charge in [-0.15, -0.1) is 0 Å². The Morgan fingerprint density at radius 1 is 1.32 bits per heavy atom. The van der Waals surface area contributed by atoms with Crippen LogP contribution in [0.4, 0.5) is 0 Å². The monoisotopic (exact) mass is 301 g/mol. The van der Waals surface area contributed by atoms with Gasteiger partial charge in [-0.05, 0) is 16.5 Å². The van der Waals surface area contributed by atoms with Gasteiger partial charge in [0.25, 0.3) is 0 Å². The van der Waals surface area contributed by atoms with E-state index in [1.165, 1.54) is 6.33 Å². The van der Waals surface area contributed by atoms with E-state index in [9.17, 15) is 4.79 Å². The molecule has 6 heteroatoms. The lowest BCUT2D eigenvalue weighted by atomic mass is 9.87. The van der Waals surface area contributed by atoms with E-state index >= 15 is 0 Å². The molecular formula is C16H23N5O. The van der Waals surface area contributed by atoms with Crippen molar-refractivity contribution in [1.82, 2.24) is 20.1 Å². The quantitative estimate of drug-likeness (QED) is 0.872. The number of nitrogens with one attached hydrogen (secondary N) is 1. The Labute approximate surface area is 130 Å². The van der Waals surface area contributed by atoms with Gasteiger partial charge < -0.3 is 11.1 Å². The van der Waals surface area contributed by atoms with Crippen molar-refractivity contribution < 1.29 is 4.79 Å². The highest BCUT2D eigenvalue weighted by Gasteiger charge is 2.27. The molecule has 2 aromatic rings. The van der Waals surface area contributed by atoms with E-state index in [-0.39, 0.29) is 11.3 Å². The highest BCUT2D eigenvalue weighted by molar-refractivity contribution is 5.82. The maximum Gasteiger partial charge on any atom is 0.237 e. The minimum absolute atomic E-state index is 0.136. The molecule has 0 saturated heterocycles. The normalized spacial score (nSPS) is 12.9. The molecule has 0 fully saturated rings. The van der Waals surface area contributed by atoms with Crippen LogP contribution < -0.4 is 11.1 Å². The van der Waals surface area contributed by atoms with Gasteiger partial charge in [-0.3, -0.25) is 4.79 Å². The molecule has 22 heavy (non-hydrogen) atoms. The number of hydrogen-bond acceptors (Lipinski definition) is 4. The van der Waals surface area contributed by atoms with Crippen LogP contribution in [0.15, 0.2) is 36.9 Å². The molecule has 1 amide bonds. The summed E-state index contributed by atoms with van der Waals surface area (Å²) in [7, 11) is 0. The maximum atomic E-state index is 12.1. The zero-order chi connectivity index (χ0) is 16.2. The Morgan fingerprint density at radius 2 is 2.00 bits per heavy atom. The van der Waals surface area contributed by atoms with E-state index in [1.54, 1.807) is 11.0 Å². The van der Waals surface area contributed by atoms with Crippen molar-refractivity contribution in [3.8, 4) is 0 Å². The van der Waals surface area contributed by atoms with Crippen molar-refractivity contribution in [2.24, 2.45) is 11.1 Å². The summed E-state index contributed by atoms with van der Waals surface area (Å²) in [6, 6.07) is 7.41. The average molecular weight is 301 g/mol. The van der Waals surface area contributed by atoms with E-state index < -0.39 is 6.04 Å². The van der Waals surface area contributed by atoms with Gasteiger partial charge in [-0.25, -0.2) is 9.67 Å². The molecule has 0 saturated carbocycles. The van der Waals surface area contributed by atoms with Gasteiger partial charge in [-0.1, -0.05) is 45.0 Å². The molecule has 0 aliphatic rings. The third-order valence-corrected chi connectivity index (χ3v) is 3.59. The van der Waals surface area contributed by atoms with Crippen molar-refractivity contribution in [1.29, 1.82) is 0 Å². The van der Waals surface area contributed by atoms with Crippen molar-refractivity contribution in [3.63, 3.8) is 0 Å². The van der Waals surface area contributed by atoms with Crippen molar-refractivity contribution in [2.45, 2.75) is 39.9 Å². The zero-order valence-corrected chi connectivity index (χ0v) is 13.3. The number of amides is 1. The topological polar surface area (TPSA) is 85.8 Å². The zero-order valence-electron chi connectivity index (χ0n) is 13.3. The standard InChI is InChI=1S/C16H23N5O/c1-16(2,3)14(17)15(22)19-8-12-6-4-5-7-13(12)9-21-11-18-10-20-21/h4-7,10-11,14H,8-9,17H2,1-3H3,(H,19,22)/t14-/m1/s1. The third kappa shape index (κ3) is 4.14. The largest absolute Gasteiger partial charge is 0.351 e. The lowest BCUT2D eigenvalue weighted by Crippen LogP contribution is -2.48. The molecule has 6 nitrogen and oxygen atoms in total. The summed E-state index contributed by atoms with van der Waals surface area (Å²) in [5.74, 6) is -0.136. The van der Waals surface area contributed by atoms with E-state index in [4.69, 9.17) is 5.73 Å². The van der Waals surface area contributed by atoms with Crippen LogP contribution in [0.2, 0.25) is 0 Å². The van der Waals surface area contributed by atoms with Gasteiger partial charge in [-0.2, -0.15) is 5.10 Å². The number of carbonyl (C=O) groups excluding carboxylic acids is 1. The second-order valence-electron chi connectivity index (χ2n) is 6.42. The smallest absolute Gasteiger partial charge is 0.237 e. The van der Waals surface area contributed by atoms with E-state index in [1.807, 2.05) is 45.0 Å².